The number of sulfonamides is 1. The average molecular weight is 577 g/mol. The van der Waals surface area contributed by atoms with Crippen LogP contribution < -0.4 is 4.72 Å². The molecule has 0 saturated heterocycles. The Morgan fingerprint density at radius 3 is 1.92 bits per heavy atom. The zero-order chi connectivity index (χ0) is 27.9. The smallest absolute Gasteiger partial charge is 0.369 e. The first-order valence-electron chi connectivity index (χ1n) is 10.4. The molecule has 0 bridgehead atoms. The van der Waals surface area contributed by atoms with Gasteiger partial charge < -0.3 is 5.11 Å². The number of alkyl halides is 6. The molecule has 0 fully saturated rings. The minimum absolute atomic E-state index is 0.102. The van der Waals surface area contributed by atoms with Gasteiger partial charge >= 0.3 is 12.4 Å². The van der Waals surface area contributed by atoms with E-state index in [9.17, 15) is 39.9 Å². The number of hydrogen-bond acceptors (Lipinski definition) is 5. The molecular formula is C23H15ClF6N4O3S. The van der Waals surface area contributed by atoms with Gasteiger partial charge in [-0.2, -0.15) is 31.4 Å². The van der Waals surface area contributed by atoms with Gasteiger partial charge in [0.25, 0.3) is 15.6 Å². The van der Waals surface area contributed by atoms with Gasteiger partial charge in [-0.25, -0.2) is 13.1 Å². The molecule has 0 unspecified atom stereocenters. The van der Waals surface area contributed by atoms with E-state index < -0.39 is 33.5 Å². The molecule has 0 aliphatic carbocycles. The van der Waals surface area contributed by atoms with Crippen LogP contribution in [0.15, 0.2) is 84.0 Å². The molecule has 0 saturated carbocycles. The number of hydrogen-bond donors (Lipinski definition) is 2. The molecule has 0 amide bonds. The van der Waals surface area contributed by atoms with Crippen molar-refractivity contribution in [1.82, 2.24) is 14.8 Å². The molecule has 4 aromatic rings. The number of halogens is 7. The summed E-state index contributed by atoms with van der Waals surface area (Å²) in [5.74, 6) is -0.179. The molecule has 0 spiro atoms. The Balaban J connectivity index is 1.81. The highest BCUT2D eigenvalue weighted by atomic mass is 35.5. The molecule has 2 heterocycles. The first kappa shape index (κ1) is 27.4. The van der Waals surface area contributed by atoms with Crippen molar-refractivity contribution >= 4 is 27.4 Å². The molecule has 2 N–H and O–H groups in total. The summed E-state index contributed by atoms with van der Waals surface area (Å²) in [6.07, 6.45) is -9.25. The monoisotopic (exact) mass is 576 g/mol. The second kappa shape index (κ2) is 9.60. The highest BCUT2D eigenvalue weighted by Gasteiger charge is 2.71. The number of nitrogens with zero attached hydrogens (tertiary/aromatic N) is 3. The van der Waals surface area contributed by atoms with E-state index in [0.29, 0.717) is 17.7 Å². The van der Waals surface area contributed by atoms with Gasteiger partial charge in [-0.3, -0.25) is 9.71 Å². The van der Waals surface area contributed by atoms with Gasteiger partial charge in [0.15, 0.2) is 0 Å². The summed E-state index contributed by atoms with van der Waals surface area (Å²) in [6, 6.07) is 12.1. The van der Waals surface area contributed by atoms with Gasteiger partial charge in [-0.1, -0.05) is 23.7 Å². The molecule has 0 aliphatic heterocycles. The van der Waals surface area contributed by atoms with Crippen LogP contribution in [0.25, 0.3) is 16.9 Å². The normalized spacial score (nSPS) is 12.9. The largest absolute Gasteiger partial charge is 0.430 e. The maximum absolute atomic E-state index is 13.3. The van der Waals surface area contributed by atoms with E-state index in [1.807, 2.05) is 0 Å². The van der Waals surface area contributed by atoms with Crippen molar-refractivity contribution in [1.29, 1.82) is 0 Å². The predicted molar refractivity (Wildman–Crippen MR) is 125 cm³/mol. The van der Waals surface area contributed by atoms with Crippen molar-refractivity contribution < 1.29 is 39.9 Å². The minimum Gasteiger partial charge on any atom is -0.369 e. The lowest BCUT2D eigenvalue weighted by molar-refractivity contribution is -0.376. The van der Waals surface area contributed by atoms with Crippen LogP contribution in [-0.4, -0.2) is 40.6 Å². The summed E-state index contributed by atoms with van der Waals surface area (Å²) >= 11 is 5.81. The number of benzene rings is 2. The molecule has 2 aromatic carbocycles. The van der Waals surface area contributed by atoms with Crippen LogP contribution in [0, 0.1) is 0 Å². The highest BCUT2D eigenvalue weighted by molar-refractivity contribution is 7.92. The van der Waals surface area contributed by atoms with Crippen LogP contribution >= 0.6 is 11.6 Å². The Morgan fingerprint density at radius 2 is 1.39 bits per heavy atom. The Hall–Kier alpha value is -3.62. The van der Waals surface area contributed by atoms with Gasteiger partial charge in [-0.15, -0.1) is 0 Å². The lowest BCUT2D eigenvalue weighted by Gasteiger charge is -2.32. The fraction of sp³-hybridized carbons (Fsp3) is 0.130. The summed E-state index contributed by atoms with van der Waals surface area (Å²) in [4.78, 5) is 3.70. The van der Waals surface area contributed by atoms with E-state index in [1.54, 1.807) is 12.1 Å². The highest BCUT2D eigenvalue weighted by Crippen LogP contribution is 2.50. The Labute approximate surface area is 216 Å². The summed E-state index contributed by atoms with van der Waals surface area (Å²) in [6.45, 7) is 0. The van der Waals surface area contributed by atoms with Gasteiger partial charge in [0.2, 0.25) is 0 Å². The molecule has 15 heteroatoms. The first-order chi connectivity index (χ1) is 17.6. The van der Waals surface area contributed by atoms with Crippen molar-refractivity contribution in [3.05, 3.63) is 89.7 Å². The maximum Gasteiger partial charge on any atom is 0.430 e. The van der Waals surface area contributed by atoms with Crippen molar-refractivity contribution in [2.45, 2.75) is 22.8 Å². The number of pyridine rings is 1. The lowest BCUT2D eigenvalue weighted by Crippen LogP contribution is -2.53. The van der Waals surface area contributed by atoms with Crippen LogP contribution in [0.5, 0.6) is 0 Å². The second-order valence-electron chi connectivity index (χ2n) is 7.87. The number of nitrogens with one attached hydrogen (secondary N) is 1. The predicted octanol–water partition coefficient (Wildman–Crippen LogP) is 5.70. The van der Waals surface area contributed by atoms with Crippen molar-refractivity contribution in [2.24, 2.45) is 0 Å². The fourth-order valence-electron chi connectivity index (χ4n) is 3.46. The van der Waals surface area contributed by atoms with Gasteiger partial charge in [-0.05, 0) is 48.5 Å². The molecule has 4 rings (SSSR count). The lowest BCUT2D eigenvalue weighted by atomic mass is 9.92. The van der Waals surface area contributed by atoms with E-state index in [-0.39, 0.29) is 27.1 Å². The van der Waals surface area contributed by atoms with E-state index in [4.69, 9.17) is 11.6 Å². The summed E-state index contributed by atoms with van der Waals surface area (Å²) in [7, 11) is -4.22. The first-order valence-corrected chi connectivity index (χ1v) is 12.3. The molecule has 0 atom stereocenters. The van der Waals surface area contributed by atoms with Crippen molar-refractivity contribution in [3.63, 3.8) is 0 Å². The van der Waals surface area contributed by atoms with E-state index in [0.717, 1.165) is 16.8 Å². The quantitative estimate of drug-likeness (QED) is 0.287. The van der Waals surface area contributed by atoms with Crippen molar-refractivity contribution in [2.75, 3.05) is 4.72 Å². The number of aromatic nitrogens is 3. The van der Waals surface area contributed by atoms with E-state index in [2.05, 4.69) is 14.8 Å². The summed E-state index contributed by atoms with van der Waals surface area (Å²) in [5, 5.41) is 14.2. The molecule has 200 valence electrons. The topological polar surface area (TPSA) is 97.1 Å². The Kier molecular flexibility index (Phi) is 6.93. The zero-order valence-electron chi connectivity index (χ0n) is 18.7. The molecule has 0 aliphatic rings. The van der Waals surface area contributed by atoms with E-state index >= 15 is 0 Å². The molecule has 38 heavy (non-hydrogen) atoms. The molecular weight excluding hydrogens is 562 g/mol. The Morgan fingerprint density at radius 1 is 0.842 bits per heavy atom. The maximum atomic E-state index is 13.3. The fourth-order valence-corrected chi connectivity index (χ4v) is 4.62. The van der Waals surface area contributed by atoms with Crippen LogP contribution in [0.2, 0.25) is 5.02 Å². The van der Waals surface area contributed by atoms with Gasteiger partial charge in [0, 0.05) is 34.6 Å². The van der Waals surface area contributed by atoms with Crippen LogP contribution in [0.3, 0.4) is 0 Å². The number of aliphatic hydroxyl groups is 1. The number of rotatable bonds is 6. The summed E-state index contributed by atoms with van der Waals surface area (Å²) in [5.41, 5.74) is -6.00. The Bertz CT molecular complexity index is 1530. The van der Waals surface area contributed by atoms with Gasteiger partial charge in [0.05, 0.1) is 16.3 Å². The third-order valence-corrected chi connectivity index (χ3v) is 7.02. The van der Waals surface area contributed by atoms with Crippen LogP contribution in [0.1, 0.15) is 5.56 Å². The SMILES string of the molecule is O=S(=O)(Nc1cc(-c2ccncc2)nn1-c1ccc(C(O)(C(F)(F)F)C(F)(F)F)cc1)c1ccc(Cl)cc1. The molecule has 7 nitrogen and oxygen atoms in total. The van der Waals surface area contributed by atoms with Crippen LogP contribution in [-0.2, 0) is 15.6 Å². The standard InChI is InChI=1S/C23H15ClF6N4O3S/c24-16-3-7-18(8-4-16)38(36,37)33-20-13-19(14-9-11-31-12-10-14)32-34(20)17-5-1-15(2-6-17)21(35,22(25,26)27)23(28,29)30/h1-13,33,35H. The van der Waals surface area contributed by atoms with Gasteiger partial charge in [0.1, 0.15) is 5.82 Å². The number of anilines is 1. The average Bonchev–Trinajstić information content (AvgIpc) is 3.26. The van der Waals surface area contributed by atoms with E-state index in [1.165, 1.54) is 42.7 Å². The zero-order valence-corrected chi connectivity index (χ0v) is 20.2. The second-order valence-corrected chi connectivity index (χ2v) is 9.99. The summed E-state index contributed by atoms with van der Waals surface area (Å²) < 4.78 is 109. The molecule has 0 radical (unpaired) electrons. The van der Waals surface area contributed by atoms with Crippen LogP contribution in [0.4, 0.5) is 32.2 Å². The molecule has 2 aromatic heterocycles. The third-order valence-electron chi connectivity index (χ3n) is 5.40. The third kappa shape index (κ3) is 5.06. The minimum atomic E-state index is -6.06. The van der Waals surface area contributed by atoms with Crippen molar-refractivity contribution in [3.8, 4) is 16.9 Å².